The lowest BCUT2D eigenvalue weighted by Gasteiger charge is -2.44. The molecule has 0 amide bonds. The van der Waals surface area contributed by atoms with E-state index >= 15 is 0 Å². The zero-order chi connectivity index (χ0) is 14.1. The second-order valence-corrected chi connectivity index (χ2v) is 6.50. The molecule has 110 valence electrons. The molecule has 1 aromatic rings. The second-order valence-electron chi connectivity index (χ2n) is 6.50. The van der Waals surface area contributed by atoms with Crippen LogP contribution in [0, 0.1) is 11.7 Å². The van der Waals surface area contributed by atoms with Crippen LogP contribution in [0.3, 0.4) is 0 Å². The topological polar surface area (TPSA) is 29.3 Å². The van der Waals surface area contributed by atoms with Gasteiger partial charge in [0, 0.05) is 12.1 Å². The van der Waals surface area contributed by atoms with Crippen molar-refractivity contribution in [2.24, 2.45) is 11.7 Å². The van der Waals surface area contributed by atoms with E-state index in [0.29, 0.717) is 6.04 Å². The predicted molar refractivity (Wildman–Crippen MR) is 79.9 cm³/mol. The van der Waals surface area contributed by atoms with E-state index in [-0.39, 0.29) is 17.9 Å². The molecule has 0 radical (unpaired) electrons. The summed E-state index contributed by atoms with van der Waals surface area (Å²) in [5, 5.41) is 0. The van der Waals surface area contributed by atoms with Crippen LogP contribution in [0.2, 0.25) is 0 Å². The summed E-state index contributed by atoms with van der Waals surface area (Å²) >= 11 is 0. The van der Waals surface area contributed by atoms with Crippen LogP contribution in [-0.2, 0) is 0 Å². The van der Waals surface area contributed by atoms with Crippen LogP contribution in [0.1, 0.15) is 50.6 Å². The minimum absolute atomic E-state index is 0.0242. The Balaban J connectivity index is 1.90. The van der Waals surface area contributed by atoms with Crippen LogP contribution in [0.4, 0.5) is 4.39 Å². The maximum absolute atomic E-state index is 13.6. The Morgan fingerprint density at radius 1 is 1.25 bits per heavy atom. The highest BCUT2D eigenvalue weighted by Gasteiger charge is 2.39. The molecule has 2 N–H and O–H groups in total. The second kappa shape index (κ2) is 5.82. The van der Waals surface area contributed by atoms with Gasteiger partial charge in [0.05, 0.1) is 6.04 Å². The molecule has 4 atom stereocenters. The Hall–Kier alpha value is -0.930. The number of benzene rings is 1. The van der Waals surface area contributed by atoms with E-state index in [1.54, 1.807) is 12.1 Å². The van der Waals surface area contributed by atoms with E-state index in [0.717, 1.165) is 18.0 Å². The molecule has 0 aromatic heterocycles. The van der Waals surface area contributed by atoms with E-state index in [4.69, 9.17) is 5.73 Å². The van der Waals surface area contributed by atoms with Gasteiger partial charge in [0.15, 0.2) is 0 Å². The molecule has 3 rings (SSSR count). The fourth-order valence-electron chi connectivity index (χ4n) is 4.33. The highest BCUT2D eigenvalue weighted by atomic mass is 19.1. The first-order valence-corrected chi connectivity index (χ1v) is 7.93. The van der Waals surface area contributed by atoms with Gasteiger partial charge in [0.2, 0.25) is 0 Å². The van der Waals surface area contributed by atoms with Crippen molar-refractivity contribution in [2.45, 2.75) is 57.2 Å². The Morgan fingerprint density at radius 3 is 2.80 bits per heavy atom. The standard InChI is InChI=1S/C17H25FN2/c1-12(19)17(14-6-2-8-15(18)11-14)20-10-4-7-13-5-3-9-16(13)20/h2,6,8,11-13,16-17H,3-5,7,9-10,19H2,1H3. The van der Waals surface area contributed by atoms with E-state index in [1.165, 1.54) is 38.2 Å². The average molecular weight is 276 g/mol. The van der Waals surface area contributed by atoms with Crippen molar-refractivity contribution in [3.8, 4) is 0 Å². The molecule has 2 fully saturated rings. The molecule has 1 aromatic carbocycles. The Bertz CT molecular complexity index is 460. The summed E-state index contributed by atoms with van der Waals surface area (Å²) in [6.07, 6.45) is 6.58. The molecule has 0 bridgehead atoms. The SMILES string of the molecule is CC(N)C(c1cccc(F)c1)N1CCCC2CCCC21. The molecule has 3 heteroatoms. The summed E-state index contributed by atoms with van der Waals surface area (Å²) in [6.45, 7) is 3.15. The van der Waals surface area contributed by atoms with Gasteiger partial charge in [-0.2, -0.15) is 0 Å². The molecule has 0 spiro atoms. The highest BCUT2D eigenvalue weighted by molar-refractivity contribution is 5.22. The van der Waals surface area contributed by atoms with Crippen molar-refractivity contribution >= 4 is 0 Å². The summed E-state index contributed by atoms with van der Waals surface area (Å²) in [6, 6.07) is 7.82. The van der Waals surface area contributed by atoms with Crippen LogP contribution in [-0.4, -0.2) is 23.5 Å². The number of halogens is 1. The molecule has 1 saturated carbocycles. The van der Waals surface area contributed by atoms with Crippen LogP contribution in [0.15, 0.2) is 24.3 Å². The number of piperidine rings is 1. The zero-order valence-corrected chi connectivity index (χ0v) is 12.3. The summed E-state index contributed by atoms with van der Waals surface area (Å²) < 4.78 is 13.6. The van der Waals surface area contributed by atoms with Crippen molar-refractivity contribution in [2.75, 3.05) is 6.54 Å². The minimum atomic E-state index is -0.159. The molecular weight excluding hydrogens is 251 g/mol. The number of rotatable bonds is 3. The number of nitrogens with two attached hydrogens (primary N) is 1. The maximum atomic E-state index is 13.6. The zero-order valence-electron chi connectivity index (χ0n) is 12.3. The molecule has 2 aliphatic rings. The monoisotopic (exact) mass is 276 g/mol. The van der Waals surface area contributed by atoms with E-state index in [9.17, 15) is 4.39 Å². The molecule has 1 heterocycles. The van der Waals surface area contributed by atoms with Crippen LogP contribution >= 0.6 is 0 Å². The normalized spacial score (nSPS) is 29.9. The minimum Gasteiger partial charge on any atom is -0.326 e. The molecule has 1 saturated heterocycles. The largest absolute Gasteiger partial charge is 0.326 e. The van der Waals surface area contributed by atoms with Crippen LogP contribution < -0.4 is 5.73 Å². The smallest absolute Gasteiger partial charge is 0.123 e. The van der Waals surface area contributed by atoms with Crippen LogP contribution in [0.25, 0.3) is 0 Å². The molecule has 1 aliphatic heterocycles. The molecular formula is C17H25FN2. The summed E-state index contributed by atoms with van der Waals surface area (Å²) in [5.41, 5.74) is 7.30. The lowest BCUT2D eigenvalue weighted by molar-refractivity contribution is 0.0570. The van der Waals surface area contributed by atoms with Gasteiger partial charge < -0.3 is 5.73 Å². The quantitative estimate of drug-likeness (QED) is 0.916. The van der Waals surface area contributed by atoms with Gasteiger partial charge in [-0.25, -0.2) is 4.39 Å². The third-order valence-corrected chi connectivity index (χ3v) is 5.08. The van der Waals surface area contributed by atoms with Gasteiger partial charge in [-0.1, -0.05) is 18.6 Å². The number of fused-ring (bicyclic) bond motifs is 1. The Labute approximate surface area is 121 Å². The van der Waals surface area contributed by atoms with Gasteiger partial charge in [0.1, 0.15) is 5.82 Å². The Morgan fingerprint density at radius 2 is 2.05 bits per heavy atom. The summed E-state index contributed by atoms with van der Waals surface area (Å²) in [4.78, 5) is 2.57. The third kappa shape index (κ3) is 2.61. The lowest BCUT2D eigenvalue weighted by atomic mass is 9.87. The molecule has 4 unspecified atom stereocenters. The van der Waals surface area contributed by atoms with Crippen molar-refractivity contribution in [1.29, 1.82) is 0 Å². The lowest BCUT2D eigenvalue weighted by Crippen LogP contribution is -2.49. The van der Waals surface area contributed by atoms with Crippen LogP contribution in [0.5, 0.6) is 0 Å². The highest BCUT2D eigenvalue weighted by Crippen LogP contribution is 2.41. The molecule has 2 nitrogen and oxygen atoms in total. The van der Waals surface area contributed by atoms with Crippen molar-refractivity contribution in [3.63, 3.8) is 0 Å². The summed E-state index contributed by atoms with van der Waals surface area (Å²) in [5.74, 6) is 0.673. The number of nitrogens with zero attached hydrogens (tertiary/aromatic N) is 1. The first kappa shape index (κ1) is 14.0. The fraction of sp³-hybridized carbons (Fsp3) is 0.647. The summed E-state index contributed by atoms with van der Waals surface area (Å²) in [7, 11) is 0. The first-order valence-electron chi connectivity index (χ1n) is 7.93. The number of hydrogen-bond acceptors (Lipinski definition) is 2. The van der Waals surface area contributed by atoms with E-state index < -0.39 is 0 Å². The molecule has 20 heavy (non-hydrogen) atoms. The number of hydrogen-bond donors (Lipinski definition) is 1. The fourth-order valence-corrected chi connectivity index (χ4v) is 4.33. The van der Waals surface area contributed by atoms with Crippen molar-refractivity contribution < 1.29 is 4.39 Å². The van der Waals surface area contributed by atoms with Gasteiger partial charge in [0.25, 0.3) is 0 Å². The average Bonchev–Trinajstić information content (AvgIpc) is 2.88. The van der Waals surface area contributed by atoms with Gasteiger partial charge >= 0.3 is 0 Å². The van der Waals surface area contributed by atoms with Crippen molar-refractivity contribution in [1.82, 2.24) is 4.90 Å². The molecule has 1 aliphatic carbocycles. The van der Waals surface area contributed by atoms with Gasteiger partial charge in [-0.15, -0.1) is 0 Å². The Kier molecular flexibility index (Phi) is 4.08. The van der Waals surface area contributed by atoms with Gasteiger partial charge in [-0.3, -0.25) is 4.90 Å². The van der Waals surface area contributed by atoms with Gasteiger partial charge in [-0.05, 0) is 62.8 Å². The van der Waals surface area contributed by atoms with E-state index in [2.05, 4.69) is 4.90 Å². The first-order chi connectivity index (χ1) is 9.66. The predicted octanol–water partition coefficient (Wildman–Crippen LogP) is 3.48. The van der Waals surface area contributed by atoms with Crippen molar-refractivity contribution in [3.05, 3.63) is 35.6 Å². The number of likely N-dealkylation sites (tertiary alicyclic amines) is 1. The third-order valence-electron chi connectivity index (χ3n) is 5.08. The maximum Gasteiger partial charge on any atom is 0.123 e. The van der Waals surface area contributed by atoms with E-state index in [1.807, 2.05) is 13.0 Å².